The summed E-state index contributed by atoms with van der Waals surface area (Å²) in [4.78, 5) is 13.3. The van der Waals surface area contributed by atoms with Gasteiger partial charge in [0.25, 0.3) is 5.91 Å². The molecule has 5 heteroatoms. The number of quaternary nitrogens is 1. The van der Waals surface area contributed by atoms with E-state index in [0.29, 0.717) is 6.54 Å². The monoisotopic (exact) mass is 205 g/mol. The molecule has 0 aromatic carbocycles. The van der Waals surface area contributed by atoms with Gasteiger partial charge in [-0.25, -0.2) is 0 Å². The normalized spacial score (nSPS) is 36.8. The van der Waals surface area contributed by atoms with Gasteiger partial charge in [-0.3, -0.25) is 9.69 Å². The predicted molar refractivity (Wildman–Crippen MR) is 45.4 cm³/mol. The second-order valence-corrected chi connectivity index (χ2v) is 3.98. The van der Waals surface area contributed by atoms with Crippen LogP contribution >= 0.6 is 0 Å². The summed E-state index contributed by atoms with van der Waals surface area (Å²) in [7, 11) is 0. The van der Waals surface area contributed by atoms with E-state index in [0.717, 1.165) is 43.8 Å². The molecule has 2 bridgehead atoms. The molecule has 3 fully saturated rings. The summed E-state index contributed by atoms with van der Waals surface area (Å²) < 4.78 is 0.950. The molecule has 1 amide bonds. The van der Waals surface area contributed by atoms with Crippen molar-refractivity contribution in [2.75, 3.05) is 45.8 Å². The number of rotatable bonds is 2. The standard InChI is InChI=1S/C8H15N3O.ClH/c9-8(12)7-11-4-1-10(2-5-11)3-6-11;/h1-7H2,(H-,9,12);1H. The van der Waals surface area contributed by atoms with Crippen LogP contribution in [0.15, 0.2) is 0 Å². The summed E-state index contributed by atoms with van der Waals surface area (Å²) in [6.07, 6.45) is 0. The van der Waals surface area contributed by atoms with Crippen molar-refractivity contribution in [3.63, 3.8) is 0 Å². The third-order valence-electron chi connectivity index (χ3n) is 3.16. The number of hydrogen-bond acceptors (Lipinski definition) is 2. The highest BCUT2D eigenvalue weighted by atomic mass is 35.5. The number of nitrogens with two attached hydrogens (primary N) is 1. The molecule has 0 aliphatic carbocycles. The highest BCUT2D eigenvalue weighted by molar-refractivity contribution is 5.74. The molecule has 3 saturated heterocycles. The fourth-order valence-electron chi connectivity index (χ4n) is 2.30. The first kappa shape index (κ1) is 10.8. The number of carbonyl (C=O) groups excluding carboxylic acids is 1. The number of carbonyl (C=O) groups is 1. The highest BCUT2D eigenvalue weighted by Gasteiger charge is 2.39. The van der Waals surface area contributed by atoms with Crippen LogP contribution in [0.25, 0.3) is 0 Å². The van der Waals surface area contributed by atoms with Crippen LogP contribution in [0.5, 0.6) is 0 Å². The van der Waals surface area contributed by atoms with Gasteiger partial charge in [0, 0.05) is 19.6 Å². The summed E-state index contributed by atoms with van der Waals surface area (Å²) in [5.74, 6) is -0.148. The van der Waals surface area contributed by atoms with Crippen molar-refractivity contribution in [3.8, 4) is 0 Å². The topological polar surface area (TPSA) is 46.3 Å². The number of amides is 1. The van der Waals surface area contributed by atoms with Gasteiger partial charge in [0.2, 0.25) is 0 Å². The number of fused-ring (bicyclic) bond motifs is 3. The van der Waals surface area contributed by atoms with Crippen molar-refractivity contribution >= 4 is 5.91 Å². The van der Waals surface area contributed by atoms with E-state index < -0.39 is 0 Å². The van der Waals surface area contributed by atoms with E-state index in [1.807, 2.05) is 0 Å². The van der Waals surface area contributed by atoms with Gasteiger partial charge in [0.1, 0.15) is 0 Å². The molecule has 0 saturated carbocycles. The van der Waals surface area contributed by atoms with E-state index in [-0.39, 0.29) is 18.3 Å². The average Bonchev–Trinajstić information content (AvgIpc) is 2.05. The lowest BCUT2D eigenvalue weighted by Gasteiger charge is -2.49. The lowest BCUT2D eigenvalue weighted by molar-refractivity contribution is -0.933. The number of nitrogens with zero attached hydrogens (tertiary/aromatic N) is 2. The largest absolute Gasteiger partial charge is 1.00 e. The first-order valence-electron chi connectivity index (χ1n) is 4.56. The van der Waals surface area contributed by atoms with Gasteiger partial charge >= 0.3 is 0 Å². The first-order valence-corrected chi connectivity index (χ1v) is 4.56. The van der Waals surface area contributed by atoms with Crippen molar-refractivity contribution in [1.29, 1.82) is 0 Å². The lowest BCUT2D eigenvalue weighted by atomic mass is 10.1. The Labute approximate surface area is 84.7 Å². The minimum absolute atomic E-state index is 0. The van der Waals surface area contributed by atoms with Crippen molar-refractivity contribution in [3.05, 3.63) is 0 Å². The SMILES string of the molecule is NC(=O)C[N+]12CCN(CC1)CC2.[Cl-]. The quantitative estimate of drug-likeness (QED) is 0.463. The Morgan fingerprint density at radius 1 is 1.23 bits per heavy atom. The molecule has 0 spiro atoms. The third-order valence-corrected chi connectivity index (χ3v) is 3.16. The molecular formula is C8H16ClN3O. The fraction of sp³-hybridized carbons (Fsp3) is 0.875. The zero-order valence-corrected chi connectivity index (χ0v) is 8.46. The Morgan fingerprint density at radius 3 is 2.08 bits per heavy atom. The first-order chi connectivity index (χ1) is 5.70. The van der Waals surface area contributed by atoms with E-state index in [4.69, 9.17) is 5.73 Å². The van der Waals surface area contributed by atoms with Crippen molar-refractivity contribution in [1.82, 2.24) is 4.90 Å². The maximum absolute atomic E-state index is 10.8. The van der Waals surface area contributed by atoms with E-state index >= 15 is 0 Å². The van der Waals surface area contributed by atoms with Crippen LogP contribution in [-0.2, 0) is 4.79 Å². The molecule has 0 aromatic heterocycles. The average molecular weight is 206 g/mol. The number of hydrogen-bond donors (Lipinski definition) is 1. The summed E-state index contributed by atoms with van der Waals surface area (Å²) >= 11 is 0. The molecule has 76 valence electrons. The predicted octanol–water partition coefficient (Wildman–Crippen LogP) is -4.38. The maximum Gasteiger partial charge on any atom is 0.272 e. The Balaban J connectivity index is 0.000000845. The van der Waals surface area contributed by atoms with Crippen LogP contribution in [0, 0.1) is 0 Å². The molecule has 0 unspecified atom stereocenters. The van der Waals surface area contributed by atoms with Crippen LogP contribution in [-0.4, -0.2) is 61.1 Å². The van der Waals surface area contributed by atoms with Gasteiger partial charge in [-0.1, -0.05) is 0 Å². The van der Waals surface area contributed by atoms with E-state index in [1.165, 1.54) is 0 Å². The Kier molecular flexibility index (Phi) is 3.16. The smallest absolute Gasteiger partial charge is 0.272 e. The molecule has 3 heterocycles. The lowest BCUT2D eigenvalue weighted by Crippen LogP contribution is -3.00. The van der Waals surface area contributed by atoms with E-state index in [2.05, 4.69) is 4.90 Å². The van der Waals surface area contributed by atoms with Gasteiger partial charge in [0.05, 0.1) is 19.6 Å². The molecule has 3 rings (SSSR count). The second-order valence-electron chi connectivity index (χ2n) is 3.98. The Bertz CT molecular complexity index is 188. The van der Waals surface area contributed by atoms with Gasteiger partial charge in [-0.15, -0.1) is 0 Å². The fourth-order valence-corrected chi connectivity index (χ4v) is 2.30. The molecule has 3 aliphatic heterocycles. The van der Waals surface area contributed by atoms with Crippen LogP contribution in [0.3, 0.4) is 0 Å². The van der Waals surface area contributed by atoms with Crippen LogP contribution in [0.1, 0.15) is 0 Å². The minimum atomic E-state index is -0.148. The summed E-state index contributed by atoms with van der Waals surface area (Å²) in [5, 5.41) is 0. The van der Waals surface area contributed by atoms with Gasteiger partial charge in [-0.05, 0) is 0 Å². The molecule has 0 radical (unpaired) electrons. The molecule has 3 aliphatic rings. The zero-order chi connectivity index (χ0) is 8.60. The summed E-state index contributed by atoms with van der Waals surface area (Å²) in [6, 6.07) is 0. The Hall–Kier alpha value is -0.320. The van der Waals surface area contributed by atoms with Crippen LogP contribution in [0.4, 0.5) is 0 Å². The molecule has 0 aromatic rings. The number of primary amides is 1. The third kappa shape index (κ3) is 2.13. The van der Waals surface area contributed by atoms with E-state index in [1.54, 1.807) is 0 Å². The van der Waals surface area contributed by atoms with Gasteiger partial charge in [-0.2, -0.15) is 0 Å². The Morgan fingerprint density at radius 2 is 1.69 bits per heavy atom. The molecule has 4 nitrogen and oxygen atoms in total. The van der Waals surface area contributed by atoms with Crippen LogP contribution in [0.2, 0.25) is 0 Å². The van der Waals surface area contributed by atoms with Crippen molar-refractivity contribution < 1.29 is 21.7 Å². The zero-order valence-electron chi connectivity index (χ0n) is 7.71. The highest BCUT2D eigenvalue weighted by Crippen LogP contribution is 2.18. The summed E-state index contributed by atoms with van der Waals surface area (Å²) in [5.41, 5.74) is 5.23. The van der Waals surface area contributed by atoms with Gasteiger partial charge < -0.3 is 22.6 Å². The number of piperazine rings is 3. The number of halogens is 1. The van der Waals surface area contributed by atoms with Crippen molar-refractivity contribution in [2.45, 2.75) is 0 Å². The minimum Gasteiger partial charge on any atom is -1.00 e. The van der Waals surface area contributed by atoms with Crippen molar-refractivity contribution in [2.24, 2.45) is 5.73 Å². The molecular weight excluding hydrogens is 190 g/mol. The molecule has 13 heavy (non-hydrogen) atoms. The molecule has 2 N–H and O–H groups in total. The van der Waals surface area contributed by atoms with Crippen LogP contribution < -0.4 is 18.1 Å². The maximum atomic E-state index is 10.8. The summed E-state index contributed by atoms with van der Waals surface area (Å²) in [6.45, 7) is 7.33. The molecule has 0 atom stereocenters. The van der Waals surface area contributed by atoms with Gasteiger partial charge in [0.15, 0.2) is 6.54 Å². The van der Waals surface area contributed by atoms with E-state index in [9.17, 15) is 4.79 Å². The second kappa shape index (κ2) is 3.82.